The predicted octanol–water partition coefficient (Wildman–Crippen LogP) is 1.48. The van der Waals surface area contributed by atoms with E-state index in [9.17, 15) is 9.59 Å². The third-order valence-corrected chi connectivity index (χ3v) is 5.48. The summed E-state index contributed by atoms with van der Waals surface area (Å²) in [6.07, 6.45) is 2.81. The number of aromatic amines is 1. The molecule has 0 bridgehead atoms. The Morgan fingerprint density at radius 1 is 1.35 bits per heavy atom. The predicted molar refractivity (Wildman–Crippen MR) is 86.3 cm³/mol. The molecule has 2 fully saturated rings. The van der Waals surface area contributed by atoms with E-state index in [-0.39, 0.29) is 11.9 Å². The van der Waals surface area contributed by atoms with Gasteiger partial charge in [-0.05, 0) is 43.6 Å². The number of H-pyrrole nitrogens is 1. The Kier molecular flexibility index (Phi) is 4.19. The molecule has 0 radical (unpaired) electrons. The number of methoxy groups -OCH3 is 1. The lowest BCUT2D eigenvalue weighted by Crippen LogP contribution is -2.34. The molecule has 0 aromatic carbocycles. The van der Waals surface area contributed by atoms with Crippen LogP contribution in [0.15, 0.2) is 0 Å². The Morgan fingerprint density at radius 3 is 2.70 bits per heavy atom. The van der Waals surface area contributed by atoms with Crippen LogP contribution in [0, 0.1) is 18.8 Å². The maximum absolute atomic E-state index is 12.9. The van der Waals surface area contributed by atoms with E-state index >= 15 is 0 Å². The van der Waals surface area contributed by atoms with Gasteiger partial charge in [-0.1, -0.05) is 6.92 Å². The molecule has 2 heterocycles. The van der Waals surface area contributed by atoms with Gasteiger partial charge in [0, 0.05) is 24.8 Å². The zero-order valence-electron chi connectivity index (χ0n) is 14.0. The number of hydrogen-bond donors (Lipinski definition) is 2. The second-order valence-corrected chi connectivity index (χ2v) is 6.70. The number of rotatable bonds is 3. The summed E-state index contributed by atoms with van der Waals surface area (Å²) in [4.78, 5) is 29.9. The van der Waals surface area contributed by atoms with Gasteiger partial charge in [0.25, 0.3) is 5.91 Å². The van der Waals surface area contributed by atoms with Crippen LogP contribution in [0.2, 0.25) is 0 Å². The Morgan fingerprint density at radius 2 is 2.09 bits per heavy atom. The molecule has 1 saturated heterocycles. The molecule has 1 amide bonds. The van der Waals surface area contributed by atoms with Gasteiger partial charge in [-0.2, -0.15) is 0 Å². The third-order valence-electron chi connectivity index (χ3n) is 5.48. The van der Waals surface area contributed by atoms with Crippen molar-refractivity contribution < 1.29 is 14.3 Å². The number of esters is 1. The van der Waals surface area contributed by atoms with Crippen LogP contribution in [-0.2, 0) is 11.2 Å². The molecular formula is C17H25N3O3. The topological polar surface area (TPSA) is 88.4 Å². The van der Waals surface area contributed by atoms with Gasteiger partial charge in [-0.15, -0.1) is 0 Å². The van der Waals surface area contributed by atoms with Gasteiger partial charge in [0.1, 0.15) is 5.69 Å². The third kappa shape index (κ3) is 2.55. The molecule has 6 heteroatoms. The van der Waals surface area contributed by atoms with Crippen LogP contribution in [0.5, 0.6) is 0 Å². The Hall–Kier alpha value is -1.82. The van der Waals surface area contributed by atoms with Gasteiger partial charge in [-0.3, -0.25) is 4.79 Å². The summed E-state index contributed by atoms with van der Waals surface area (Å²) < 4.78 is 4.85. The van der Waals surface area contributed by atoms with Crippen molar-refractivity contribution in [1.82, 2.24) is 9.88 Å². The molecule has 23 heavy (non-hydrogen) atoms. The lowest BCUT2D eigenvalue weighted by molar-refractivity contribution is 0.0599. The summed E-state index contributed by atoms with van der Waals surface area (Å²) in [6.45, 7) is 5.24. The lowest BCUT2D eigenvalue weighted by atomic mass is 9.98. The van der Waals surface area contributed by atoms with Crippen LogP contribution in [0.25, 0.3) is 0 Å². The summed E-state index contributed by atoms with van der Waals surface area (Å²) in [5.41, 5.74) is 8.60. The highest BCUT2D eigenvalue weighted by atomic mass is 16.5. The molecule has 1 aromatic heterocycles. The first-order valence-corrected chi connectivity index (χ1v) is 8.32. The minimum absolute atomic E-state index is 0.0334. The number of fused-ring (bicyclic) bond motifs is 1. The fraction of sp³-hybridized carbons (Fsp3) is 0.647. The van der Waals surface area contributed by atoms with Crippen LogP contribution >= 0.6 is 0 Å². The maximum Gasteiger partial charge on any atom is 0.339 e. The van der Waals surface area contributed by atoms with Gasteiger partial charge in [0.2, 0.25) is 0 Å². The van der Waals surface area contributed by atoms with E-state index in [0.29, 0.717) is 35.1 Å². The first-order chi connectivity index (χ1) is 11.0. The van der Waals surface area contributed by atoms with Crippen molar-refractivity contribution in [3.05, 3.63) is 22.5 Å². The number of likely N-dealkylation sites (tertiary alicyclic amines) is 1. The van der Waals surface area contributed by atoms with Crippen molar-refractivity contribution in [1.29, 1.82) is 0 Å². The lowest BCUT2D eigenvalue weighted by Gasteiger charge is -2.18. The molecule has 1 aromatic rings. The molecule has 1 saturated carbocycles. The highest BCUT2D eigenvalue weighted by Gasteiger charge is 2.43. The van der Waals surface area contributed by atoms with Crippen LogP contribution in [0.4, 0.5) is 0 Å². The quantitative estimate of drug-likeness (QED) is 0.826. The number of amides is 1. The molecule has 6 nitrogen and oxygen atoms in total. The number of hydrogen-bond acceptors (Lipinski definition) is 4. The zero-order chi connectivity index (χ0) is 16.7. The summed E-state index contributed by atoms with van der Waals surface area (Å²) in [7, 11) is 1.36. The average Bonchev–Trinajstić information content (AvgIpc) is 3.20. The van der Waals surface area contributed by atoms with Crippen LogP contribution < -0.4 is 5.73 Å². The first kappa shape index (κ1) is 16.1. The maximum atomic E-state index is 12.9. The second kappa shape index (κ2) is 6.00. The molecule has 126 valence electrons. The van der Waals surface area contributed by atoms with E-state index in [1.165, 1.54) is 7.11 Å². The SMILES string of the molecule is CCc1[nH]c(C(=O)N2CC3CCC(N)C3C2)c(C)c1C(=O)OC. The summed E-state index contributed by atoms with van der Waals surface area (Å²) >= 11 is 0. The van der Waals surface area contributed by atoms with Crippen LogP contribution in [-0.4, -0.2) is 48.0 Å². The van der Waals surface area contributed by atoms with E-state index in [2.05, 4.69) is 4.98 Å². The van der Waals surface area contributed by atoms with Gasteiger partial charge in [-0.25, -0.2) is 4.79 Å². The molecule has 3 rings (SSSR count). The molecule has 1 aliphatic heterocycles. The summed E-state index contributed by atoms with van der Waals surface area (Å²) in [6, 6.07) is 0.208. The van der Waals surface area contributed by atoms with Gasteiger partial charge >= 0.3 is 5.97 Å². The fourth-order valence-corrected chi connectivity index (χ4v) is 4.15. The number of nitrogens with zero attached hydrogens (tertiary/aromatic N) is 1. The number of ether oxygens (including phenoxy) is 1. The fourth-order valence-electron chi connectivity index (χ4n) is 4.15. The number of aromatic nitrogens is 1. The highest BCUT2D eigenvalue weighted by molar-refractivity contribution is 6.00. The van der Waals surface area contributed by atoms with Crippen LogP contribution in [0.1, 0.15) is 51.9 Å². The number of nitrogens with two attached hydrogens (primary N) is 1. The van der Waals surface area contributed by atoms with Crippen molar-refractivity contribution in [2.24, 2.45) is 17.6 Å². The number of carbonyl (C=O) groups is 2. The van der Waals surface area contributed by atoms with E-state index < -0.39 is 5.97 Å². The van der Waals surface area contributed by atoms with Crippen molar-refractivity contribution in [2.45, 2.75) is 39.2 Å². The van der Waals surface area contributed by atoms with Crippen molar-refractivity contribution >= 4 is 11.9 Å². The summed E-state index contributed by atoms with van der Waals surface area (Å²) in [5, 5.41) is 0. The van der Waals surface area contributed by atoms with Crippen LogP contribution in [0.3, 0.4) is 0 Å². The van der Waals surface area contributed by atoms with Gasteiger partial charge in [0.15, 0.2) is 0 Å². The molecule has 3 N–H and O–H groups in total. The summed E-state index contributed by atoms with van der Waals surface area (Å²) in [5.74, 6) is 0.513. The van der Waals surface area contributed by atoms with E-state index in [0.717, 1.165) is 31.6 Å². The molecule has 0 spiro atoms. The average molecular weight is 319 g/mol. The van der Waals surface area contributed by atoms with Crippen molar-refractivity contribution in [3.8, 4) is 0 Å². The number of nitrogens with one attached hydrogen (secondary N) is 1. The second-order valence-electron chi connectivity index (χ2n) is 6.70. The Labute approximate surface area is 136 Å². The number of carbonyl (C=O) groups excluding carboxylic acids is 2. The standard InChI is InChI=1S/C17H25N3O3/c1-4-13-14(17(22)23-3)9(2)15(19-13)16(21)20-7-10-5-6-12(18)11(10)8-20/h10-12,19H,4-8,18H2,1-3H3. The Balaban J connectivity index is 1.86. The molecule has 3 unspecified atom stereocenters. The minimum Gasteiger partial charge on any atom is -0.465 e. The number of aryl methyl sites for hydroxylation is 1. The molecule has 1 aliphatic carbocycles. The first-order valence-electron chi connectivity index (χ1n) is 8.32. The smallest absolute Gasteiger partial charge is 0.339 e. The van der Waals surface area contributed by atoms with Gasteiger partial charge in [0.05, 0.1) is 12.7 Å². The monoisotopic (exact) mass is 319 g/mol. The van der Waals surface area contributed by atoms with E-state index in [4.69, 9.17) is 10.5 Å². The van der Waals surface area contributed by atoms with Gasteiger partial charge < -0.3 is 20.4 Å². The normalized spacial score (nSPS) is 26.4. The Bertz CT molecular complexity index is 637. The van der Waals surface area contributed by atoms with E-state index in [1.807, 2.05) is 11.8 Å². The largest absolute Gasteiger partial charge is 0.465 e. The zero-order valence-corrected chi connectivity index (χ0v) is 14.0. The van der Waals surface area contributed by atoms with Crippen molar-refractivity contribution in [2.75, 3.05) is 20.2 Å². The minimum atomic E-state index is -0.394. The highest BCUT2D eigenvalue weighted by Crippen LogP contribution is 2.37. The molecule has 3 atom stereocenters. The van der Waals surface area contributed by atoms with Crippen molar-refractivity contribution in [3.63, 3.8) is 0 Å². The van der Waals surface area contributed by atoms with E-state index in [1.54, 1.807) is 6.92 Å². The molecule has 2 aliphatic rings. The molecular weight excluding hydrogens is 294 g/mol.